The Kier molecular flexibility index (Phi) is 8.52. The Balaban J connectivity index is 0. The smallest absolute Gasteiger partial charge is 0.320 e. The van der Waals surface area contributed by atoms with Crippen LogP contribution in [0.5, 0.6) is 0 Å². The minimum absolute atomic E-state index is 0. The summed E-state index contributed by atoms with van der Waals surface area (Å²) in [6.07, 6.45) is 4.47. The molecule has 1 aromatic rings. The summed E-state index contributed by atoms with van der Waals surface area (Å²) in [5.74, 6) is -0.960. The molecule has 82 valence electrons. The molecule has 4 N–H and O–H groups in total. The first-order valence-corrected chi connectivity index (χ1v) is 3.66. The molecule has 0 spiro atoms. The van der Waals surface area contributed by atoms with E-state index in [9.17, 15) is 4.79 Å². The number of nitrogens with zero attached hydrogens (tertiary/aromatic N) is 1. The number of nitrogens with one attached hydrogen (secondary N) is 1. The van der Waals surface area contributed by atoms with Crippen molar-refractivity contribution in [2.24, 2.45) is 5.73 Å². The van der Waals surface area contributed by atoms with Crippen LogP contribution in [0.2, 0.25) is 0 Å². The fraction of sp³-hybridized carbons (Fsp3) is 0.429. The second kappa shape index (κ2) is 7.61. The Morgan fingerprint density at radius 2 is 2.29 bits per heavy atom. The fourth-order valence-electron chi connectivity index (χ4n) is 0.860. The molecule has 1 atom stereocenters. The number of nitrogens with two attached hydrogens (primary N) is 1. The van der Waals surface area contributed by atoms with Gasteiger partial charge in [-0.3, -0.25) is 9.89 Å². The van der Waals surface area contributed by atoms with Gasteiger partial charge >= 0.3 is 5.97 Å². The van der Waals surface area contributed by atoms with Gasteiger partial charge in [-0.05, 0) is 18.4 Å². The van der Waals surface area contributed by atoms with Gasteiger partial charge in [0.05, 0.1) is 6.20 Å². The van der Waals surface area contributed by atoms with E-state index < -0.39 is 12.0 Å². The lowest BCUT2D eigenvalue weighted by Crippen LogP contribution is -2.30. The maximum Gasteiger partial charge on any atom is 0.320 e. The second-order valence-electron chi connectivity index (χ2n) is 2.59. The van der Waals surface area contributed by atoms with E-state index in [-0.39, 0.29) is 24.8 Å². The van der Waals surface area contributed by atoms with Crippen LogP contribution >= 0.6 is 24.8 Å². The normalized spacial score (nSPS) is 10.9. The van der Waals surface area contributed by atoms with Crippen LogP contribution in [-0.4, -0.2) is 27.3 Å². The maximum atomic E-state index is 10.3. The summed E-state index contributed by atoms with van der Waals surface area (Å²) in [5, 5.41) is 14.8. The predicted octanol–water partition coefficient (Wildman–Crippen LogP) is 0.598. The number of rotatable bonds is 4. The average molecular weight is 242 g/mol. The van der Waals surface area contributed by atoms with Crippen LogP contribution in [0.1, 0.15) is 12.0 Å². The summed E-state index contributed by atoms with van der Waals surface area (Å²) in [6, 6.07) is -0.778. The van der Waals surface area contributed by atoms with Gasteiger partial charge in [0, 0.05) is 6.20 Å². The number of aromatic nitrogens is 2. The number of hydrogen-bond acceptors (Lipinski definition) is 3. The largest absolute Gasteiger partial charge is 0.480 e. The number of carbonyl (C=O) groups is 1. The van der Waals surface area contributed by atoms with Crippen molar-refractivity contribution in [3.63, 3.8) is 0 Å². The van der Waals surface area contributed by atoms with Crippen LogP contribution < -0.4 is 5.73 Å². The van der Waals surface area contributed by atoms with Gasteiger partial charge in [0.2, 0.25) is 0 Å². The standard InChI is InChI=1S/C7H11N3O2.2ClH/c8-6(7(11)12)2-1-5-3-9-10-4-5;;/h3-4,6H,1-2,8H2,(H,9,10)(H,11,12);2*1H. The zero-order valence-electron chi connectivity index (χ0n) is 7.34. The summed E-state index contributed by atoms with van der Waals surface area (Å²) in [5.41, 5.74) is 6.28. The van der Waals surface area contributed by atoms with E-state index in [1.165, 1.54) is 0 Å². The minimum atomic E-state index is -0.960. The van der Waals surface area contributed by atoms with Crippen molar-refractivity contribution in [1.29, 1.82) is 0 Å². The lowest BCUT2D eigenvalue weighted by Gasteiger charge is -2.03. The predicted molar refractivity (Wildman–Crippen MR) is 57.0 cm³/mol. The second-order valence-corrected chi connectivity index (χ2v) is 2.59. The number of carboxylic acid groups (broad SMARTS) is 1. The van der Waals surface area contributed by atoms with E-state index in [0.29, 0.717) is 12.8 Å². The van der Waals surface area contributed by atoms with Crippen molar-refractivity contribution in [2.75, 3.05) is 0 Å². The molecular formula is C7H13Cl2N3O2. The number of H-pyrrole nitrogens is 1. The van der Waals surface area contributed by atoms with Crippen LogP contribution in [0.3, 0.4) is 0 Å². The number of carboxylic acids is 1. The quantitative estimate of drug-likeness (QED) is 0.720. The molecule has 5 nitrogen and oxygen atoms in total. The van der Waals surface area contributed by atoms with Gasteiger partial charge in [-0.1, -0.05) is 0 Å². The molecule has 0 aliphatic heterocycles. The summed E-state index contributed by atoms with van der Waals surface area (Å²) in [6.45, 7) is 0. The number of aliphatic carboxylic acids is 1. The molecule has 14 heavy (non-hydrogen) atoms. The average Bonchev–Trinajstić information content (AvgIpc) is 2.51. The zero-order chi connectivity index (χ0) is 8.97. The Morgan fingerprint density at radius 1 is 1.64 bits per heavy atom. The molecule has 7 heteroatoms. The number of aryl methyl sites for hydroxylation is 1. The highest BCUT2D eigenvalue weighted by Crippen LogP contribution is 2.00. The van der Waals surface area contributed by atoms with E-state index in [4.69, 9.17) is 10.8 Å². The third kappa shape index (κ3) is 5.06. The van der Waals surface area contributed by atoms with E-state index in [1.54, 1.807) is 12.4 Å². The van der Waals surface area contributed by atoms with E-state index in [0.717, 1.165) is 5.56 Å². The topological polar surface area (TPSA) is 92.0 Å². The summed E-state index contributed by atoms with van der Waals surface area (Å²) >= 11 is 0. The summed E-state index contributed by atoms with van der Waals surface area (Å²) in [7, 11) is 0. The van der Waals surface area contributed by atoms with Crippen molar-refractivity contribution in [1.82, 2.24) is 10.2 Å². The Hall–Kier alpha value is -0.780. The summed E-state index contributed by atoms with van der Waals surface area (Å²) < 4.78 is 0. The number of aromatic amines is 1. The van der Waals surface area contributed by atoms with E-state index in [1.807, 2.05) is 0 Å². The van der Waals surface area contributed by atoms with E-state index >= 15 is 0 Å². The SMILES string of the molecule is Cl.Cl.NC(CCc1cn[nH]c1)C(=O)O. The van der Waals surface area contributed by atoms with Crippen molar-refractivity contribution in [3.8, 4) is 0 Å². The minimum Gasteiger partial charge on any atom is -0.480 e. The maximum absolute atomic E-state index is 10.3. The number of hydrogen-bond donors (Lipinski definition) is 3. The molecule has 1 heterocycles. The lowest BCUT2D eigenvalue weighted by atomic mass is 10.1. The highest BCUT2D eigenvalue weighted by Gasteiger charge is 2.10. The van der Waals surface area contributed by atoms with Gasteiger partial charge in [0.1, 0.15) is 6.04 Å². The van der Waals surface area contributed by atoms with Crippen LogP contribution in [0.4, 0.5) is 0 Å². The highest BCUT2D eigenvalue weighted by molar-refractivity contribution is 5.85. The van der Waals surface area contributed by atoms with Crippen LogP contribution in [-0.2, 0) is 11.2 Å². The van der Waals surface area contributed by atoms with E-state index in [2.05, 4.69) is 10.2 Å². The van der Waals surface area contributed by atoms with Crippen molar-refractivity contribution in [3.05, 3.63) is 18.0 Å². The van der Waals surface area contributed by atoms with Gasteiger partial charge in [0.15, 0.2) is 0 Å². The first-order chi connectivity index (χ1) is 5.70. The summed E-state index contributed by atoms with van der Waals surface area (Å²) in [4.78, 5) is 10.3. The van der Waals surface area contributed by atoms with Crippen molar-refractivity contribution < 1.29 is 9.90 Å². The first kappa shape index (κ1) is 15.7. The molecule has 0 bridgehead atoms. The molecule has 1 rings (SSSR count). The third-order valence-electron chi connectivity index (χ3n) is 1.62. The number of halogens is 2. The molecule has 0 radical (unpaired) electrons. The van der Waals surface area contributed by atoms with Gasteiger partial charge in [-0.2, -0.15) is 5.10 Å². The Morgan fingerprint density at radius 3 is 2.71 bits per heavy atom. The van der Waals surface area contributed by atoms with Gasteiger partial charge in [-0.25, -0.2) is 0 Å². The molecule has 0 aliphatic carbocycles. The molecular weight excluding hydrogens is 229 g/mol. The van der Waals surface area contributed by atoms with Gasteiger partial charge in [0.25, 0.3) is 0 Å². The lowest BCUT2D eigenvalue weighted by molar-refractivity contribution is -0.138. The molecule has 0 saturated carbocycles. The molecule has 0 aromatic carbocycles. The van der Waals surface area contributed by atoms with Gasteiger partial charge < -0.3 is 10.8 Å². The third-order valence-corrected chi connectivity index (χ3v) is 1.62. The molecule has 1 aromatic heterocycles. The fourth-order valence-corrected chi connectivity index (χ4v) is 0.860. The van der Waals surface area contributed by atoms with Gasteiger partial charge in [-0.15, -0.1) is 24.8 Å². The molecule has 0 amide bonds. The van der Waals surface area contributed by atoms with Crippen LogP contribution in [0, 0.1) is 0 Å². The van der Waals surface area contributed by atoms with Crippen molar-refractivity contribution >= 4 is 30.8 Å². The zero-order valence-corrected chi connectivity index (χ0v) is 8.98. The Labute approximate surface area is 93.9 Å². The Bertz CT molecular complexity index is 253. The van der Waals surface area contributed by atoms with Crippen molar-refractivity contribution in [2.45, 2.75) is 18.9 Å². The highest BCUT2D eigenvalue weighted by atomic mass is 35.5. The first-order valence-electron chi connectivity index (χ1n) is 3.66. The van der Waals surface area contributed by atoms with Crippen LogP contribution in [0.25, 0.3) is 0 Å². The molecule has 0 saturated heterocycles. The molecule has 1 unspecified atom stereocenters. The van der Waals surface area contributed by atoms with Crippen LogP contribution in [0.15, 0.2) is 12.4 Å². The molecule has 0 fully saturated rings. The molecule has 0 aliphatic rings. The monoisotopic (exact) mass is 241 g/mol.